The molecule has 1 saturated heterocycles. The summed E-state index contributed by atoms with van der Waals surface area (Å²) in [5, 5.41) is 6.41. The van der Waals surface area contributed by atoms with Crippen molar-refractivity contribution in [2.24, 2.45) is 5.41 Å². The lowest BCUT2D eigenvalue weighted by Gasteiger charge is -2.36. The molecule has 1 aliphatic heterocycles. The maximum absolute atomic E-state index is 14.6. The highest BCUT2D eigenvalue weighted by Gasteiger charge is 2.49. The monoisotopic (exact) mass is 803 g/mol. The number of sulfonamides is 1. The van der Waals surface area contributed by atoms with Gasteiger partial charge in [0.05, 0.1) is 18.4 Å². The van der Waals surface area contributed by atoms with Gasteiger partial charge in [0.25, 0.3) is 5.91 Å². The van der Waals surface area contributed by atoms with E-state index in [-0.39, 0.29) is 19.4 Å². The third kappa shape index (κ3) is 11.0. The normalized spacial score (nSPS) is 19.2. The number of amides is 4. The van der Waals surface area contributed by atoms with E-state index in [0.29, 0.717) is 31.1 Å². The van der Waals surface area contributed by atoms with Crippen LogP contribution in [-0.2, 0) is 34.9 Å². The number of nitrogens with one attached hydrogen (secondary N) is 3. The van der Waals surface area contributed by atoms with Gasteiger partial charge in [-0.3, -0.25) is 19.1 Å². The Morgan fingerprint density at radius 2 is 1.75 bits per heavy atom. The van der Waals surface area contributed by atoms with Gasteiger partial charge < -0.3 is 29.7 Å². The van der Waals surface area contributed by atoms with E-state index in [2.05, 4.69) is 33.8 Å². The Kier molecular flexibility index (Phi) is 13.8. The molecule has 16 heteroatoms. The average Bonchev–Trinajstić information content (AvgIpc) is 3.86. The molecular weight excluding hydrogens is 747 g/mol. The largest absolute Gasteiger partial charge is 0.494 e. The predicted octanol–water partition coefficient (Wildman–Crippen LogP) is 5.23. The minimum atomic E-state index is -3.93. The van der Waals surface area contributed by atoms with E-state index in [1.165, 1.54) is 17.9 Å². The molecule has 2 aliphatic rings. The van der Waals surface area contributed by atoms with Crippen LogP contribution >= 0.6 is 11.8 Å². The van der Waals surface area contributed by atoms with Crippen LogP contribution in [0.3, 0.4) is 0 Å². The maximum atomic E-state index is 14.6. The number of hydrogen-bond acceptors (Lipinski definition) is 11. The molecule has 1 aromatic heterocycles. The number of pyridine rings is 1. The van der Waals surface area contributed by atoms with Gasteiger partial charge in [-0.25, -0.2) is 18.2 Å². The number of nitrogens with zero attached hydrogens (tertiary/aromatic N) is 2. The zero-order valence-electron chi connectivity index (χ0n) is 33.4. The average molecular weight is 804 g/mol. The van der Waals surface area contributed by atoms with Gasteiger partial charge in [-0.2, -0.15) is 11.8 Å². The van der Waals surface area contributed by atoms with Crippen LogP contribution in [-0.4, -0.2) is 95.6 Å². The van der Waals surface area contributed by atoms with Gasteiger partial charge in [0.2, 0.25) is 27.7 Å². The SMILES string of the molecule is C=CC[C@@](C)(NC(=O)[C@@H]1C[C@@H](Oc2nccc3c(CSCC)c(OCC)ccc23)CN1C(=O)[C@@H](NC(=O)OC(C)(C)C)C(C)(C)C)C(=O)NS(=O)(=O)C1CC1. The van der Waals surface area contributed by atoms with E-state index in [1.807, 2.05) is 25.1 Å². The summed E-state index contributed by atoms with van der Waals surface area (Å²) in [7, 11) is -3.93. The number of ether oxygens (including phenoxy) is 3. The zero-order chi connectivity index (χ0) is 40.9. The Labute approximate surface area is 329 Å². The first-order chi connectivity index (χ1) is 25.6. The van der Waals surface area contributed by atoms with Crippen molar-refractivity contribution in [3.05, 3.63) is 42.6 Å². The predicted molar refractivity (Wildman–Crippen MR) is 213 cm³/mol. The molecule has 0 radical (unpaired) electrons. The van der Waals surface area contributed by atoms with Gasteiger partial charge >= 0.3 is 6.09 Å². The van der Waals surface area contributed by atoms with Crippen LogP contribution in [0.1, 0.15) is 93.6 Å². The molecule has 4 atom stereocenters. The number of thioether (sulfide) groups is 1. The van der Waals surface area contributed by atoms with Crippen molar-refractivity contribution in [2.45, 2.75) is 128 Å². The molecule has 2 fully saturated rings. The highest BCUT2D eigenvalue weighted by atomic mass is 32.2. The molecule has 2 heterocycles. The van der Waals surface area contributed by atoms with Gasteiger partial charge in [-0.05, 0) is 88.6 Å². The summed E-state index contributed by atoms with van der Waals surface area (Å²) in [6.07, 6.45) is 2.30. The molecule has 55 heavy (non-hydrogen) atoms. The minimum absolute atomic E-state index is 0.000670. The van der Waals surface area contributed by atoms with E-state index < -0.39 is 73.8 Å². The second-order valence-electron chi connectivity index (χ2n) is 16.2. The third-order valence-electron chi connectivity index (χ3n) is 9.28. The highest BCUT2D eigenvalue weighted by Crippen LogP contribution is 2.37. The summed E-state index contributed by atoms with van der Waals surface area (Å²) >= 11 is 1.75. The van der Waals surface area contributed by atoms with Crippen molar-refractivity contribution >= 4 is 56.4 Å². The Morgan fingerprint density at radius 3 is 2.33 bits per heavy atom. The standard InChI is InChI=1S/C39H57N5O9S2/c1-11-19-39(10,35(47)43-55(49,50)25-14-15-25)42-32(45)29-21-24(22-44(29)34(46)31(37(4,5)6)41-36(48)53-38(7,8)9)52-33-27-16-17-30(51-12-2)28(23-54-13-3)26(27)18-20-40-33/h11,16-18,20,24-25,29,31H,1,12-15,19,21-23H2,2-10H3,(H,41,48)(H,42,45)(H,43,47)/t24-,29+,31-,39-/m1/s1. The van der Waals surface area contributed by atoms with Crippen molar-refractivity contribution in [2.75, 3.05) is 18.9 Å². The van der Waals surface area contributed by atoms with Crippen LogP contribution in [0.25, 0.3) is 10.8 Å². The summed E-state index contributed by atoms with van der Waals surface area (Å²) in [6, 6.07) is 3.35. The quantitative estimate of drug-likeness (QED) is 0.189. The van der Waals surface area contributed by atoms with Crippen molar-refractivity contribution in [3.8, 4) is 11.6 Å². The number of rotatable bonds is 16. The van der Waals surface area contributed by atoms with E-state index in [9.17, 15) is 27.6 Å². The molecule has 1 aliphatic carbocycles. The second-order valence-corrected chi connectivity index (χ2v) is 19.5. The molecule has 0 spiro atoms. The van der Waals surface area contributed by atoms with E-state index in [4.69, 9.17) is 14.2 Å². The summed E-state index contributed by atoms with van der Waals surface area (Å²) < 4.78 is 45.5. The Balaban J connectivity index is 1.71. The fourth-order valence-electron chi connectivity index (χ4n) is 6.33. The van der Waals surface area contributed by atoms with E-state index >= 15 is 0 Å². The van der Waals surface area contributed by atoms with Crippen LogP contribution in [0.15, 0.2) is 37.1 Å². The van der Waals surface area contributed by atoms with E-state index in [1.54, 1.807) is 59.5 Å². The molecule has 1 aromatic carbocycles. The molecule has 4 amide bonds. The van der Waals surface area contributed by atoms with E-state index in [0.717, 1.165) is 27.8 Å². The fourth-order valence-corrected chi connectivity index (χ4v) is 8.44. The van der Waals surface area contributed by atoms with Crippen LogP contribution in [0, 0.1) is 5.41 Å². The maximum Gasteiger partial charge on any atom is 0.408 e. The molecule has 3 N–H and O–H groups in total. The summed E-state index contributed by atoms with van der Waals surface area (Å²) in [5.41, 5.74) is -2.39. The molecule has 1 saturated carbocycles. The Bertz CT molecular complexity index is 1870. The topological polar surface area (TPSA) is 182 Å². The second kappa shape index (κ2) is 17.4. The summed E-state index contributed by atoms with van der Waals surface area (Å²) in [6.45, 7) is 20.0. The molecule has 0 unspecified atom stereocenters. The number of benzene rings is 1. The van der Waals surface area contributed by atoms with Crippen molar-refractivity contribution < 1.29 is 41.8 Å². The first kappa shape index (κ1) is 43.7. The fraction of sp³-hybridized carbons (Fsp3) is 0.615. The molecular formula is C39H57N5O9S2. The van der Waals surface area contributed by atoms with Crippen LogP contribution in [0.2, 0.25) is 0 Å². The van der Waals surface area contributed by atoms with Gasteiger partial charge in [-0.1, -0.05) is 33.8 Å². The molecule has 304 valence electrons. The lowest BCUT2D eigenvalue weighted by Crippen LogP contribution is -2.62. The zero-order valence-corrected chi connectivity index (χ0v) is 35.1. The number of hydrogen-bond donors (Lipinski definition) is 3. The number of fused-ring (bicyclic) bond motifs is 1. The lowest BCUT2D eigenvalue weighted by molar-refractivity contribution is -0.143. The van der Waals surface area contributed by atoms with Crippen molar-refractivity contribution in [3.63, 3.8) is 0 Å². The third-order valence-corrected chi connectivity index (χ3v) is 12.0. The number of alkyl carbamates (subject to hydrolysis) is 1. The van der Waals surface area contributed by atoms with Crippen molar-refractivity contribution in [1.82, 2.24) is 25.2 Å². The van der Waals surface area contributed by atoms with Crippen LogP contribution < -0.4 is 24.8 Å². The summed E-state index contributed by atoms with van der Waals surface area (Å²) in [4.78, 5) is 61.3. The minimum Gasteiger partial charge on any atom is -0.494 e. The summed E-state index contributed by atoms with van der Waals surface area (Å²) in [5.74, 6) is 0.498. The smallest absolute Gasteiger partial charge is 0.408 e. The van der Waals surface area contributed by atoms with Crippen LogP contribution in [0.5, 0.6) is 11.6 Å². The highest BCUT2D eigenvalue weighted by molar-refractivity contribution is 7.98. The molecule has 14 nitrogen and oxygen atoms in total. The van der Waals surface area contributed by atoms with Crippen LogP contribution in [0.4, 0.5) is 4.79 Å². The number of carbonyl (C=O) groups is 4. The van der Waals surface area contributed by atoms with Crippen molar-refractivity contribution in [1.29, 1.82) is 0 Å². The van der Waals surface area contributed by atoms with Gasteiger partial charge in [0, 0.05) is 29.3 Å². The molecule has 4 rings (SSSR count). The lowest BCUT2D eigenvalue weighted by atomic mass is 9.85. The van der Waals surface area contributed by atoms with Gasteiger partial charge in [-0.15, -0.1) is 6.58 Å². The Morgan fingerprint density at radius 1 is 1.05 bits per heavy atom. The number of aromatic nitrogens is 1. The van der Waals surface area contributed by atoms with Gasteiger partial charge in [0.1, 0.15) is 35.1 Å². The number of carbonyl (C=O) groups excluding carboxylic acids is 4. The first-order valence-electron chi connectivity index (χ1n) is 18.7. The van der Waals surface area contributed by atoms with Gasteiger partial charge in [0.15, 0.2) is 0 Å². The Hall–Kier alpha value is -4.05. The number of likely N-dealkylation sites (tertiary alicyclic amines) is 1. The first-order valence-corrected chi connectivity index (χ1v) is 21.4. The molecule has 2 aromatic rings. The molecule has 0 bridgehead atoms.